The molecule has 0 saturated carbocycles. The van der Waals surface area contributed by atoms with Gasteiger partial charge in [0.05, 0.1) is 0 Å². The average Bonchev–Trinajstić information content (AvgIpc) is 1.79. The quantitative estimate of drug-likeness (QED) is 0.701. The summed E-state index contributed by atoms with van der Waals surface area (Å²) in [5.74, 6) is 0. The summed E-state index contributed by atoms with van der Waals surface area (Å²) in [6.45, 7) is 21.6. The molecule has 0 saturated heterocycles. The Balaban J connectivity index is 0. The number of rotatable bonds is 4. The minimum absolute atomic E-state index is 1.43. The van der Waals surface area contributed by atoms with Gasteiger partial charge in [-0.3, -0.25) is 0 Å². The van der Waals surface area contributed by atoms with Crippen molar-refractivity contribution < 1.29 is 8.23 Å². The van der Waals surface area contributed by atoms with Crippen LogP contribution in [-0.4, -0.2) is 25.2 Å². The second kappa shape index (κ2) is 6.34. The summed E-state index contributed by atoms with van der Waals surface area (Å²) in [5, 5.41) is 0. The first-order valence-corrected chi connectivity index (χ1v) is 15.4. The van der Waals surface area contributed by atoms with E-state index in [9.17, 15) is 0 Å². The van der Waals surface area contributed by atoms with Crippen molar-refractivity contribution in [1.29, 1.82) is 0 Å². The molecule has 0 atom stereocenters. The second-order valence-electron chi connectivity index (χ2n) is 5.83. The van der Waals surface area contributed by atoms with Crippen molar-refractivity contribution in [1.82, 2.24) is 0 Å². The molecule has 0 N–H and O–H groups in total. The molecule has 2 nitrogen and oxygen atoms in total. The minimum Gasteiger partial charge on any atom is -0.437 e. The van der Waals surface area contributed by atoms with Gasteiger partial charge in [-0.15, -0.1) is 0 Å². The fourth-order valence-electron chi connectivity index (χ4n) is 1.50. The Hall–Kier alpha value is 0.571. The Morgan fingerprint density at radius 2 is 0.733 bits per heavy atom. The molecule has 0 aliphatic carbocycles. The standard InChI is InChI=1S/C8H24O2Si3.C2H6/c1-11(2,3)9-13(7,8)10-12(4,5)6;1-2/h1-8H3;1-2H3. The summed E-state index contributed by atoms with van der Waals surface area (Å²) in [5.41, 5.74) is 0. The molecule has 0 rings (SSSR count). The average molecular weight is 267 g/mol. The highest BCUT2D eigenvalue weighted by Crippen LogP contribution is 2.19. The normalized spacial score (nSPS) is 13.2. The first-order valence-electron chi connectivity index (χ1n) is 5.82. The van der Waals surface area contributed by atoms with Crippen LogP contribution >= 0.6 is 0 Å². The van der Waals surface area contributed by atoms with Crippen LogP contribution in [0.2, 0.25) is 52.4 Å². The van der Waals surface area contributed by atoms with E-state index in [0.29, 0.717) is 0 Å². The first kappa shape index (κ1) is 17.9. The van der Waals surface area contributed by atoms with Crippen LogP contribution in [-0.2, 0) is 8.23 Å². The highest BCUT2D eigenvalue weighted by molar-refractivity contribution is 6.87. The van der Waals surface area contributed by atoms with Crippen LogP contribution in [0.1, 0.15) is 13.8 Å². The molecule has 0 radical (unpaired) electrons. The predicted octanol–water partition coefficient (Wildman–Crippen LogP) is 4.42. The monoisotopic (exact) mass is 266 g/mol. The zero-order valence-corrected chi connectivity index (χ0v) is 15.3. The van der Waals surface area contributed by atoms with Gasteiger partial charge in [-0.05, 0) is 52.4 Å². The van der Waals surface area contributed by atoms with Crippen LogP contribution in [0.15, 0.2) is 0 Å². The lowest BCUT2D eigenvalue weighted by atomic mass is 11.0. The SMILES string of the molecule is CC.C[Si](C)(C)O[Si](C)(C)O[Si](C)(C)C. The Bertz CT molecular complexity index is 150. The Morgan fingerprint density at radius 1 is 0.533 bits per heavy atom. The number of hydrogen-bond acceptors (Lipinski definition) is 2. The summed E-state index contributed by atoms with van der Waals surface area (Å²) in [6.07, 6.45) is 0. The van der Waals surface area contributed by atoms with Crippen LogP contribution in [0.3, 0.4) is 0 Å². The fraction of sp³-hybridized carbons (Fsp3) is 1.00. The Morgan fingerprint density at radius 3 is 0.867 bits per heavy atom. The molecule has 0 aromatic heterocycles. The second-order valence-corrected chi connectivity index (χ2v) is 18.7. The maximum atomic E-state index is 6.09. The highest BCUT2D eigenvalue weighted by atomic mass is 28.5. The summed E-state index contributed by atoms with van der Waals surface area (Å²) >= 11 is 0. The molecule has 0 heterocycles. The maximum absolute atomic E-state index is 6.09. The maximum Gasteiger partial charge on any atom is 0.311 e. The van der Waals surface area contributed by atoms with E-state index in [1.807, 2.05) is 13.8 Å². The van der Waals surface area contributed by atoms with Crippen molar-refractivity contribution in [2.24, 2.45) is 0 Å². The molecular formula is C10H30O2Si3. The molecule has 94 valence electrons. The molecule has 0 bridgehead atoms. The zero-order chi connectivity index (χ0) is 12.9. The lowest BCUT2D eigenvalue weighted by molar-refractivity contribution is 0.395. The van der Waals surface area contributed by atoms with Crippen molar-refractivity contribution in [2.45, 2.75) is 66.2 Å². The summed E-state index contributed by atoms with van der Waals surface area (Å²) in [4.78, 5) is 0. The lowest BCUT2D eigenvalue weighted by Gasteiger charge is -2.35. The third-order valence-corrected chi connectivity index (χ3v) is 9.94. The van der Waals surface area contributed by atoms with Crippen LogP contribution < -0.4 is 0 Å². The van der Waals surface area contributed by atoms with Crippen LogP contribution in [0.25, 0.3) is 0 Å². The molecule has 15 heavy (non-hydrogen) atoms. The highest BCUT2D eigenvalue weighted by Gasteiger charge is 2.35. The molecule has 0 spiro atoms. The third-order valence-electron chi connectivity index (χ3n) is 1.10. The van der Waals surface area contributed by atoms with Gasteiger partial charge in [-0.1, -0.05) is 13.8 Å². The molecular weight excluding hydrogens is 236 g/mol. The van der Waals surface area contributed by atoms with Crippen LogP contribution in [0, 0.1) is 0 Å². The van der Waals surface area contributed by atoms with Gasteiger partial charge in [0.15, 0.2) is 16.6 Å². The third kappa shape index (κ3) is 14.6. The van der Waals surface area contributed by atoms with E-state index >= 15 is 0 Å². The molecule has 0 aromatic carbocycles. The summed E-state index contributed by atoms with van der Waals surface area (Å²) in [6, 6.07) is 0. The van der Waals surface area contributed by atoms with Gasteiger partial charge in [-0.2, -0.15) is 0 Å². The van der Waals surface area contributed by atoms with Crippen molar-refractivity contribution in [2.75, 3.05) is 0 Å². The fourth-order valence-corrected chi connectivity index (χ4v) is 13.8. The smallest absolute Gasteiger partial charge is 0.311 e. The number of hydrogen-bond donors (Lipinski definition) is 0. The molecule has 0 aliphatic rings. The van der Waals surface area contributed by atoms with E-state index in [1.54, 1.807) is 0 Å². The van der Waals surface area contributed by atoms with E-state index < -0.39 is 25.2 Å². The van der Waals surface area contributed by atoms with Gasteiger partial charge < -0.3 is 8.23 Å². The Kier molecular flexibility index (Phi) is 7.59. The molecule has 0 aliphatic heterocycles. The zero-order valence-electron chi connectivity index (χ0n) is 12.3. The molecule has 0 amide bonds. The topological polar surface area (TPSA) is 18.5 Å². The lowest BCUT2D eigenvalue weighted by Crippen LogP contribution is -2.50. The summed E-state index contributed by atoms with van der Waals surface area (Å²) < 4.78 is 12.2. The largest absolute Gasteiger partial charge is 0.437 e. The molecule has 0 aromatic rings. The van der Waals surface area contributed by atoms with Gasteiger partial charge in [0.25, 0.3) is 0 Å². The van der Waals surface area contributed by atoms with Crippen molar-refractivity contribution >= 4 is 25.2 Å². The van der Waals surface area contributed by atoms with E-state index in [1.165, 1.54) is 0 Å². The van der Waals surface area contributed by atoms with Gasteiger partial charge in [0.2, 0.25) is 0 Å². The van der Waals surface area contributed by atoms with Gasteiger partial charge in [-0.25, -0.2) is 0 Å². The molecule has 0 fully saturated rings. The summed E-state index contributed by atoms with van der Waals surface area (Å²) in [7, 11) is -4.72. The molecule has 5 heteroatoms. The van der Waals surface area contributed by atoms with E-state index in [2.05, 4.69) is 52.4 Å². The van der Waals surface area contributed by atoms with Crippen LogP contribution in [0.5, 0.6) is 0 Å². The van der Waals surface area contributed by atoms with E-state index in [4.69, 9.17) is 8.23 Å². The van der Waals surface area contributed by atoms with Gasteiger partial charge in [0, 0.05) is 0 Å². The molecule has 0 unspecified atom stereocenters. The van der Waals surface area contributed by atoms with Crippen LogP contribution in [0.4, 0.5) is 0 Å². The van der Waals surface area contributed by atoms with E-state index in [-0.39, 0.29) is 0 Å². The minimum atomic E-state index is -1.85. The van der Waals surface area contributed by atoms with Crippen molar-refractivity contribution in [3.63, 3.8) is 0 Å². The van der Waals surface area contributed by atoms with Crippen molar-refractivity contribution in [3.8, 4) is 0 Å². The van der Waals surface area contributed by atoms with Gasteiger partial charge >= 0.3 is 8.56 Å². The Labute approximate surface area is 99.9 Å². The first-order chi connectivity index (χ1) is 6.41. The van der Waals surface area contributed by atoms with Crippen molar-refractivity contribution in [3.05, 3.63) is 0 Å². The van der Waals surface area contributed by atoms with Gasteiger partial charge in [0.1, 0.15) is 0 Å². The predicted molar refractivity (Wildman–Crippen MR) is 77.7 cm³/mol. The van der Waals surface area contributed by atoms with E-state index in [0.717, 1.165) is 0 Å².